The van der Waals surface area contributed by atoms with Crippen molar-refractivity contribution in [2.24, 2.45) is 0 Å². The molecule has 4 aliphatic heterocycles. The summed E-state index contributed by atoms with van der Waals surface area (Å²) in [6.45, 7) is 7.74. The van der Waals surface area contributed by atoms with Gasteiger partial charge in [-0.1, -0.05) is 67.2 Å². The predicted molar refractivity (Wildman–Crippen MR) is 133 cm³/mol. The molecule has 199 valence electrons. The minimum atomic E-state index is -1.53. The summed E-state index contributed by atoms with van der Waals surface area (Å²) in [6.07, 6.45) is 0.723. The topological polar surface area (TPSA) is 107 Å². The zero-order valence-electron chi connectivity index (χ0n) is 20.7. The number of likely N-dealkylation sites (tertiary alicyclic amines) is 1. The third-order valence-corrected chi connectivity index (χ3v) is 6.34. The minimum absolute atomic E-state index is 0. The van der Waals surface area contributed by atoms with Gasteiger partial charge in [0.2, 0.25) is 11.7 Å². The lowest BCUT2D eigenvalue weighted by Gasteiger charge is -2.39. The highest BCUT2D eigenvalue weighted by molar-refractivity contribution is 5.78. The summed E-state index contributed by atoms with van der Waals surface area (Å²) in [5.41, 5.74) is 1.82. The van der Waals surface area contributed by atoms with Gasteiger partial charge in [0.15, 0.2) is 12.6 Å². The van der Waals surface area contributed by atoms with Gasteiger partial charge >= 0.3 is 0 Å². The Hall–Kier alpha value is -2.63. The van der Waals surface area contributed by atoms with Gasteiger partial charge in [0, 0.05) is 30.7 Å². The van der Waals surface area contributed by atoms with Gasteiger partial charge in [0.25, 0.3) is 0 Å². The first-order valence-electron chi connectivity index (χ1n) is 12.4. The molecule has 2 aromatic rings. The number of benzene rings is 2. The molecule has 0 aliphatic carbocycles. The van der Waals surface area contributed by atoms with E-state index in [1.807, 2.05) is 60.7 Å². The van der Waals surface area contributed by atoms with Crippen molar-refractivity contribution in [3.05, 3.63) is 91.5 Å². The van der Waals surface area contributed by atoms with Gasteiger partial charge in [-0.25, -0.2) is 0 Å². The van der Waals surface area contributed by atoms with Gasteiger partial charge in [-0.05, 0) is 19.5 Å². The van der Waals surface area contributed by atoms with Gasteiger partial charge in [0.1, 0.15) is 24.9 Å². The van der Waals surface area contributed by atoms with Crippen molar-refractivity contribution in [1.29, 1.82) is 0 Å². The van der Waals surface area contributed by atoms with Crippen molar-refractivity contribution < 1.29 is 38.7 Å². The molecule has 6 rings (SSSR count). The second kappa shape index (κ2) is 12.7. The Balaban J connectivity index is 0.000000245. The number of aliphatic hydroxyl groups excluding tert-OH is 1. The highest BCUT2D eigenvalue weighted by Crippen LogP contribution is 2.45. The largest absolute Gasteiger partial charge is 0.396 e. The summed E-state index contributed by atoms with van der Waals surface area (Å²) in [7, 11) is 0. The maximum atomic E-state index is 10.9. The zero-order valence-corrected chi connectivity index (χ0v) is 20.7. The first kappa shape index (κ1) is 27.4. The Labute approximate surface area is 217 Å². The molecule has 37 heavy (non-hydrogen) atoms. The van der Waals surface area contributed by atoms with Gasteiger partial charge in [0.05, 0.1) is 6.61 Å². The van der Waals surface area contributed by atoms with E-state index < -0.39 is 36.7 Å². The fourth-order valence-electron chi connectivity index (χ4n) is 4.60. The van der Waals surface area contributed by atoms with Crippen molar-refractivity contribution in [3.8, 4) is 0 Å². The lowest BCUT2D eigenvalue weighted by molar-refractivity contribution is -0.351. The zero-order chi connectivity index (χ0) is 26.3. The summed E-state index contributed by atoms with van der Waals surface area (Å²) >= 11 is 0. The Morgan fingerprint density at radius 3 is 2.11 bits per heavy atom. The molecule has 9 heteroatoms. The number of hydrogen-bond donors (Lipinski definition) is 2. The Morgan fingerprint density at radius 1 is 1.00 bits per heavy atom. The monoisotopic (exact) mass is 512 g/mol. The van der Waals surface area contributed by atoms with Crippen LogP contribution in [0.2, 0.25) is 0 Å². The van der Waals surface area contributed by atoms with E-state index in [1.165, 1.54) is 0 Å². The van der Waals surface area contributed by atoms with E-state index in [4.69, 9.17) is 28.8 Å². The third kappa shape index (κ3) is 6.45. The van der Waals surface area contributed by atoms with Crippen LogP contribution in [0.1, 0.15) is 36.5 Å². The molecule has 2 N–H and O–H groups in total. The Bertz CT molecular complexity index is 1010. The fraction of sp³-hybridized carbons (Fsp3) is 0.429. The molecule has 9 nitrogen and oxygen atoms in total. The van der Waals surface area contributed by atoms with Crippen molar-refractivity contribution in [2.75, 3.05) is 26.4 Å². The van der Waals surface area contributed by atoms with E-state index in [0.717, 1.165) is 24.1 Å². The van der Waals surface area contributed by atoms with Crippen LogP contribution in [0.15, 0.2) is 73.4 Å². The van der Waals surface area contributed by atoms with Crippen LogP contribution in [0.3, 0.4) is 0 Å². The first-order valence-corrected chi connectivity index (χ1v) is 12.4. The second-order valence-corrected chi connectivity index (χ2v) is 8.88. The second-order valence-electron chi connectivity index (χ2n) is 8.88. The highest BCUT2D eigenvalue weighted by atomic mass is 16.8. The highest BCUT2D eigenvalue weighted by Gasteiger charge is 2.61. The van der Waals surface area contributed by atoms with Crippen molar-refractivity contribution in [2.45, 2.75) is 49.5 Å². The Morgan fingerprint density at radius 2 is 1.59 bits per heavy atom. The van der Waals surface area contributed by atoms with E-state index in [9.17, 15) is 9.90 Å². The quantitative estimate of drug-likeness (QED) is 0.647. The standard InChI is InChI=1S/C20H20O6.C6H9NO.C2H5O/c21-20-12-23-19(14-9-5-2-6-10-14)25-17(20)16-15(26-20)11-22-18(24-16)13-7-3-1-4-8-13;1-2-7-5-3-4-6(7)8;1-2-3/h1-10,15-19,21H,11-12H2;2H,1,3-5H2;3H,1-2H2/t15-,16+,17-,18?,19?,20+;;/m1../s1. The summed E-state index contributed by atoms with van der Waals surface area (Å²) in [4.78, 5) is 12.3. The molecule has 0 saturated carbocycles. The average Bonchev–Trinajstić information content (AvgIpc) is 3.49. The SMILES string of the molecule is C=CN1CCCC1=O.O[C@]12COC(c3ccccc3)O[C@@H]1[C@H]1OC(c3ccccc3)OC[C@H]1O2.[CH2]CO. The molecule has 4 saturated heterocycles. The molecule has 0 bridgehead atoms. The number of carbonyl (C=O) groups is 1. The number of fused-ring (bicyclic) bond motifs is 3. The number of hydrogen-bond acceptors (Lipinski definition) is 8. The molecule has 1 amide bonds. The smallest absolute Gasteiger partial charge is 0.226 e. The summed E-state index contributed by atoms with van der Waals surface area (Å²) in [5.74, 6) is -1.32. The maximum Gasteiger partial charge on any atom is 0.226 e. The molecule has 4 aliphatic rings. The van der Waals surface area contributed by atoms with Gasteiger partial charge in [-0.3, -0.25) is 4.79 Å². The van der Waals surface area contributed by atoms with E-state index in [0.29, 0.717) is 13.0 Å². The average molecular weight is 513 g/mol. The number of rotatable bonds is 3. The van der Waals surface area contributed by atoms with E-state index in [1.54, 1.807) is 11.1 Å². The van der Waals surface area contributed by atoms with Crippen LogP contribution in [-0.4, -0.2) is 71.5 Å². The molecular formula is C28H34NO8. The molecule has 6 atom stereocenters. The van der Waals surface area contributed by atoms with Crippen LogP contribution in [0.5, 0.6) is 0 Å². The molecule has 0 aromatic heterocycles. The van der Waals surface area contributed by atoms with E-state index in [-0.39, 0.29) is 19.1 Å². The summed E-state index contributed by atoms with van der Waals surface area (Å²) in [5, 5.41) is 18.3. The Kier molecular flexibility index (Phi) is 9.44. The van der Waals surface area contributed by atoms with Crippen molar-refractivity contribution >= 4 is 5.91 Å². The molecule has 4 heterocycles. The molecular weight excluding hydrogens is 478 g/mol. The van der Waals surface area contributed by atoms with Crippen LogP contribution < -0.4 is 0 Å². The third-order valence-electron chi connectivity index (χ3n) is 6.34. The van der Waals surface area contributed by atoms with Crippen LogP contribution in [0.25, 0.3) is 0 Å². The van der Waals surface area contributed by atoms with Crippen molar-refractivity contribution in [3.63, 3.8) is 0 Å². The van der Waals surface area contributed by atoms with Gasteiger partial charge in [-0.15, -0.1) is 0 Å². The number of nitrogens with zero attached hydrogens (tertiary/aromatic N) is 1. The molecule has 2 aromatic carbocycles. The number of aliphatic hydroxyl groups is 2. The van der Waals surface area contributed by atoms with Gasteiger partial charge in [-0.2, -0.15) is 0 Å². The lowest BCUT2D eigenvalue weighted by Crippen LogP contribution is -2.54. The van der Waals surface area contributed by atoms with Crippen molar-refractivity contribution in [1.82, 2.24) is 4.90 Å². The molecule has 1 radical (unpaired) electrons. The number of ether oxygens (including phenoxy) is 5. The maximum absolute atomic E-state index is 10.9. The first-order chi connectivity index (χ1) is 18.0. The van der Waals surface area contributed by atoms with E-state index in [2.05, 4.69) is 13.5 Å². The van der Waals surface area contributed by atoms with Gasteiger partial charge < -0.3 is 38.8 Å². The van der Waals surface area contributed by atoms with Crippen LogP contribution in [0, 0.1) is 6.92 Å². The normalized spacial score (nSPS) is 32.2. The lowest BCUT2D eigenvalue weighted by atomic mass is 10.0. The molecule has 2 unspecified atom stereocenters. The summed E-state index contributed by atoms with van der Waals surface area (Å²) in [6, 6.07) is 19.4. The van der Waals surface area contributed by atoms with Crippen LogP contribution >= 0.6 is 0 Å². The fourth-order valence-corrected chi connectivity index (χ4v) is 4.60. The van der Waals surface area contributed by atoms with Crippen LogP contribution in [-0.2, 0) is 28.5 Å². The number of amides is 1. The summed E-state index contributed by atoms with van der Waals surface area (Å²) < 4.78 is 29.5. The van der Waals surface area contributed by atoms with E-state index >= 15 is 0 Å². The molecule has 0 spiro atoms. The number of carbonyl (C=O) groups excluding carboxylic acids is 1. The minimum Gasteiger partial charge on any atom is -0.396 e. The predicted octanol–water partition coefficient (Wildman–Crippen LogP) is 2.87. The molecule has 4 fully saturated rings. The van der Waals surface area contributed by atoms with Crippen LogP contribution in [0.4, 0.5) is 0 Å².